The Labute approximate surface area is 107 Å². The summed E-state index contributed by atoms with van der Waals surface area (Å²) in [5, 5.41) is 0. The molecule has 0 bridgehead atoms. The summed E-state index contributed by atoms with van der Waals surface area (Å²) in [6.45, 7) is 5.32. The second-order valence-electron chi connectivity index (χ2n) is 4.62. The van der Waals surface area contributed by atoms with Gasteiger partial charge in [-0.15, -0.1) is 0 Å². The lowest BCUT2D eigenvalue weighted by Crippen LogP contribution is -2.31. The first-order valence-corrected chi connectivity index (χ1v) is 6.31. The van der Waals surface area contributed by atoms with Gasteiger partial charge in [-0.2, -0.15) is 0 Å². The highest BCUT2D eigenvalue weighted by Crippen LogP contribution is 2.52. The number of carbonyl (C=O) groups is 3. The fourth-order valence-corrected chi connectivity index (χ4v) is 1.95. The van der Waals surface area contributed by atoms with Gasteiger partial charge in [0, 0.05) is 0 Å². The summed E-state index contributed by atoms with van der Waals surface area (Å²) in [6.07, 6.45) is 1.56. The third-order valence-corrected chi connectivity index (χ3v) is 3.22. The topological polar surface area (TPSA) is 69.7 Å². The summed E-state index contributed by atoms with van der Waals surface area (Å²) in [4.78, 5) is 34.9. The lowest BCUT2D eigenvalue weighted by Gasteiger charge is -2.18. The van der Waals surface area contributed by atoms with Crippen molar-refractivity contribution in [3.05, 3.63) is 0 Å². The minimum Gasteiger partial charge on any atom is -0.466 e. The summed E-state index contributed by atoms with van der Waals surface area (Å²) in [7, 11) is 0. The van der Waals surface area contributed by atoms with E-state index in [1.54, 1.807) is 13.8 Å². The van der Waals surface area contributed by atoms with Gasteiger partial charge in [0.2, 0.25) is 0 Å². The predicted octanol–water partition coefficient (Wildman–Crippen LogP) is 1.49. The zero-order valence-corrected chi connectivity index (χ0v) is 11.2. The number of ketones is 1. The van der Waals surface area contributed by atoms with Crippen molar-refractivity contribution >= 4 is 17.7 Å². The molecule has 0 aliphatic heterocycles. The van der Waals surface area contributed by atoms with E-state index in [0.29, 0.717) is 19.4 Å². The predicted molar refractivity (Wildman–Crippen MR) is 63.7 cm³/mol. The van der Waals surface area contributed by atoms with Crippen LogP contribution < -0.4 is 0 Å². The molecule has 5 nitrogen and oxygen atoms in total. The van der Waals surface area contributed by atoms with E-state index in [4.69, 9.17) is 9.47 Å². The first kappa shape index (κ1) is 14.7. The Bertz CT molecular complexity index is 343. The standard InChI is InChI=1S/C13H20O5/c1-4-17-11(15)10(9(3)14)8-13(6-7-13)12(16)18-5-2/h10H,4-8H2,1-3H3. The van der Waals surface area contributed by atoms with Crippen molar-refractivity contribution in [1.29, 1.82) is 0 Å². The average Bonchev–Trinajstić information content (AvgIpc) is 3.07. The van der Waals surface area contributed by atoms with Crippen LogP contribution in [0.1, 0.15) is 40.0 Å². The fourth-order valence-electron chi connectivity index (χ4n) is 1.95. The summed E-state index contributed by atoms with van der Waals surface area (Å²) in [6, 6.07) is 0. The van der Waals surface area contributed by atoms with E-state index in [1.807, 2.05) is 0 Å². The van der Waals surface area contributed by atoms with Crippen molar-refractivity contribution in [2.45, 2.75) is 40.0 Å². The molecule has 0 saturated heterocycles. The Morgan fingerprint density at radius 3 is 2.06 bits per heavy atom. The van der Waals surface area contributed by atoms with Crippen LogP contribution in [0.3, 0.4) is 0 Å². The summed E-state index contributed by atoms with van der Waals surface area (Å²) in [5.41, 5.74) is -0.640. The monoisotopic (exact) mass is 256 g/mol. The quantitative estimate of drug-likeness (QED) is 0.510. The molecule has 0 aromatic carbocycles. The maximum Gasteiger partial charge on any atom is 0.316 e. The van der Waals surface area contributed by atoms with Gasteiger partial charge in [0.05, 0.1) is 18.6 Å². The Kier molecular flexibility index (Phi) is 4.87. The van der Waals surface area contributed by atoms with Crippen LogP contribution in [0, 0.1) is 11.3 Å². The van der Waals surface area contributed by atoms with Crippen molar-refractivity contribution < 1.29 is 23.9 Å². The largest absolute Gasteiger partial charge is 0.466 e. The Morgan fingerprint density at radius 2 is 1.67 bits per heavy atom. The number of ether oxygens (including phenoxy) is 2. The third kappa shape index (κ3) is 3.31. The molecular formula is C13H20O5. The summed E-state index contributed by atoms with van der Waals surface area (Å²) in [5.74, 6) is -1.96. The molecule has 0 spiro atoms. The van der Waals surface area contributed by atoms with Crippen LogP contribution in [-0.4, -0.2) is 30.9 Å². The second-order valence-corrected chi connectivity index (χ2v) is 4.62. The van der Waals surface area contributed by atoms with E-state index in [0.717, 1.165) is 0 Å². The number of Topliss-reactive ketones (excluding diaryl/α,β-unsaturated/α-hetero) is 1. The first-order chi connectivity index (χ1) is 8.46. The number of hydrogen-bond donors (Lipinski definition) is 0. The smallest absolute Gasteiger partial charge is 0.316 e. The molecule has 1 rings (SSSR count). The highest BCUT2D eigenvalue weighted by molar-refractivity contribution is 5.98. The van der Waals surface area contributed by atoms with Gasteiger partial charge >= 0.3 is 11.9 Å². The summed E-state index contributed by atoms with van der Waals surface area (Å²) < 4.78 is 9.85. The number of esters is 2. The van der Waals surface area contributed by atoms with Crippen molar-refractivity contribution in [2.24, 2.45) is 11.3 Å². The zero-order chi connectivity index (χ0) is 13.8. The van der Waals surface area contributed by atoms with Gasteiger partial charge in [-0.25, -0.2) is 0 Å². The molecule has 102 valence electrons. The Morgan fingerprint density at radius 1 is 1.11 bits per heavy atom. The maximum absolute atomic E-state index is 11.8. The minimum atomic E-state index is -0.850. The van der Waals surface area contributed by atoms with Gasteiger partial charge in [0.15, 0.2) is 0 Å². The van der Waals surface area contributed by atoms with Gasteiger partial charge in [0.1, 0.15) is 11.7 Å². The first-order valence-electron chi connectivity index (χ1n) is 6.31. The molecule has 5 heteroatoms. The lowest BCUT2D eigenvalue weighted by atomic mass is 9.89. The van der Waals surface area contributed by atoms with E-state index in [2.05, 4.69) is 0 Å². The van der Waals surface area contributed by atoms with E-state index in [1.165, 1.54) is 6.92 Å². The third-order valence-electron chi connectivity index (χ3n) is 3.22. The maximum atomic E-state index is 11.8. The van der Waals surface area contributed by atoms with Crippen LogP contribution in [0.2, 0.25) is 0 Å². The van der Waals surface area contributed by atoms with Crippen LogP contribution in [0.5, 0.6) is 0 Å². The molecule has 0 heterocycles. The SMILES string of the molecule is CCOC(=O)C(CC1(C(=O)OCC)CC1)C(C)=O. The van der Waals surface area contributed by atoms with Crippen LogP contribution in [-0.2, 0) is 23.9 Å². The van der Waals surface area contributed by atoms with Gasteiger partial charge in [-0.3, -0.25) is 14.4 Å². The van der Waals surface area contributed by atoms with Gasteiger partial charge in [-0.05, 0) is 40.0 Å². The van der Waals surface area contributed by atoms with Crippen molar-refractivity contribution in [3.8, 4) is 0 Å². The molecule has 1 fully saturated rings. The molecular weight excluding hydrogens is 236 g/mol. The number of rotatable bonds is 7. The molecule has 0 aromatic heterocycles. The van der Waals surface area contributed by atoms with E-state index in [9.17, 15) is 14.4 Å². The van der Waals surface area contributed by atoms with Gasteiger partial charge in [-0.1, -0.05) is 0 Å². The average molecular weight is 256 g/mol. The molecule has 0 amide bonds. The van der Waals surface area contributed by atoms with Crippen molar-refractivity contribution in [1.82, 2.24) is 0 Å². The van der Waals surface area contributed by atoms with E-state index >= 15 is 0 Å². The number of hydrogen-bond acceptors (Lipinski definition) is 5. The number of carbonyl (C=O) groups excluding carboxylic acids is 3. The fraction of sp³-hybridized carbons (Fsp3) is 0.769. The Balaban J connectivity index is 2.70. The molecule has 1 saturated carbocycles. The van der Waals surface area contributed by atoms with Crippen LogP contribution in [0.4, 0.5) is 0 Å². The highest BCUT2D eigenvalue weighted by atomic mass is 16.5. The second kappa shape index (κ2) is 5.98. The molecule has 0 aromatic rings. The Hall–Kier alpha value is -1.39. The molecule has 1 unspecified atom stereocenters. The highest BCUT2D eigenvalue weighted by Gasteiger charge is 2.54. The lowest BCUT2D eigenvalue weighted by molar-refractivity contribution is -0.155. The van der Waals surface area contributed by atoms with E-state index in [-0.39, 0.29) is 24.8 Å². The van der Waals surface area contributed by atoms with Gasteiger partial charge in [0.25, 0.3) is 0 Å². The molecule has 1 aliphatic carbocycles. The van der Waals surface area contributed by atoms with Crippen molar-refractivity contribution in [2.75, 3.05) is 13.2 Å². The zero-order valence-electron chi connectivity index (χ0n) is 11.2. The van der Waals surface area contributed by atoms with E-state index < -0.39 is 17.3 Å². The normalized spacial score (nSPS) is 17.7. The molecule has 0 radical (unpaired) electrons. The molecule has 1 aliphatic rings. The van der Waals surface area contributed by atoms with Crippen LogP contribution in [0.15, 0.2) is 0 Å². The molecule has 18 heavy (non-hydrogen) atoms. The van der Waals surface area contributed by atoms with Crippen LogP contribution in [0.25, 0.3) is 0 Å². The molecule has 1 atom stereocenters. The van der Waals surface area contributed by atoms with Crippen molar-refractivity contribution in [3.63, 3.8) is 0 Å². The molecule has 0 N–H and O–H groups in total. The van der Waals surface area contributed by atoms with Crippen LogP contribution >= 0.6 is 0 Å². The van der Waals surface area contributed by atoms with Gasteiger partial charge < -0.3 is 9.47 Å². The minimum absolute atomic E-state index is 0.208. The summed E-state index contributed by atoms with van der Waals surface area (Å²) >= 11 is 0.